The van der Waals surface area contributed by atoms with E-state index in [1.54, 1.807) is 18.2 Å². The second-order valence-electron chi connectivity index (χ2n) is 7.08. The molecule has 0 aliphatic heterocycles. The smallest absolute Gasteiger partial charge is 0.271 e. The van der Waals surface area contributed by atoms with E-state index in [1.165, 1.54) is 12.1 Å². The van der Waals surface area contributed by atoms with Crippen LogP contribution < -0.4 is 9.99 Å². The summed E-state index contributed by atoms with van der Waals surface area (Å²) >= 11 is 12.2. The van der Waals surface area contributed by atoms with Crippen molar-refractivity contribution >= 4 is 46.0 Å². The molecule has 1 heterocycles. The number of nitro benzene ring substituents is 2. The molecule has 3 rings (SSSR count). The number of benzene rings is 2. The highest BCUT2D eigenvalue weighted by atomic mass is 35.5. The zero-order valence-corrected chi connectivity index (χ0v) is 18.6. The molecule has 3 aromatic rings. The van der Waals surface area contributed by atoms with Gasteiger partial charge in [-0.3, -0.25) is 25.7 Å². The highest BCUT2D eigenvalue weighted by Gasteiger charge is 2.20. The number of hydrazone groups is 1. The minimum absolute atomic E-state index is 0.0172. The van der Waals surface area contributed by atoms with Crippen molar-refractivity contribution in [1.82, 2.24) is 0 Å². The molecule has 0 amide bonds. The normalized spacial score (nSPS) is 11.3. The van der Waals surface area contributed by atoms with Gasteiger partial charge in [0.05, 0.1) is 26.0 Å². The molecule has 0 fully saturated rings. The van der Waals surface area contributed by atoms with Gasteiger partial charge < -0.3 is 0 Å². The van der Waals surface area contributed by atoms with Gasteiger partial charge >= 0.3 is 5.69 Å². The quantitative estimate of drug-likeness (QED) is 0.218. The molecule has 0 aliphatic rings. The molecular weight excluding hydrogens is 457 g/mol. The Bertz CT molecular complexity index is 1230. The van der Waals surface area contributed by atoms with Crippen LogP contribution in [0.4, 0.5) is 17.1 Å². The number of nitrogens with one attached hydrogen (secondary N) is 1. The van der Waals surface area contributed by atoms with Crippen molar-refractivity contribution in [3.05, 3.63) is 102 Å². The lowest BCUT2D eigenvalue weighted by atomic mass is 10.1. The Hall–Kier alpha value is -3.56. The molecule has 0 atom stereocenters. The molecule has 0 radical (unpaired) electrons. The predicted octanol–water partition coefficient (Wildman–Crippen LogP) is 5.23. The summed E-state index contributed by atoms with van der Waals surface area (Å²) < 4.78 is 1.93. The summed E-state index contributed by atoms with van der Waals surface area (Å²) in [5.41, 5.74) is 5.13. The Labute approximate surface area is 193 Å². The van der Waals surface area contributed by atoms with E-state index in [1.807, 2.05) is 36.9 Å². The molecule has 164 valence electrons. The van der Waals surface area contributed by atoms with Crippen LogP contribution in [0.15, 0.2) is 60.0 Å². The lowest BCUT2D eigenvalue weighted by Crippen LogP contribution is -2.38. The molecule has 0 bridgehead atoms. The number of nitro groups is 2. The van der Waals surface area contributed by atoms with Crippen molar-refractivity contribution < 1.29 is 14.4 Å². The van der Waals surface area contributed by atoms with Crippen molar-refractivity contribution in [2.24, 2.45) is 5.10 Å². The van der Waals surface area contributed by atoms with Crippen molar-refractivity contribution in [2.75, 3.05) is 5.43 Å². The maximum atomic E-state index is 11.4. The summed E-state index contributed by atoms with van der Waals surface area (Å²) in [5, 5.41) is 27.5. The van der Waals surface area contributed by atoms with E-state index >= 15 is 0 Å². The van der Waals surface area contributed by atoms with Crippen molar-refractivity contribution in [2.45, 2.75) is 20.4 Å². The Morgan fingerprint density at radius 3 is 2.25 bits per heavy atom. The number of halogens is 2. The fourth-order valence-electron chi connectivity index (χ4n) is 3.13. The number of rotatable bonds is 7. The van der Waals surface area contributed by atoms with Gasteiger partial charge in [0.15, 0.2) is 18.9 Å². The second kappa shape index (κ2) is 9.71. The molecular formula is C21H18Cl2N5O4+. The minimum atomic E-state index is -0.706. The molecule has 0 unspecified atom stereocenters. The summed E-state index contributed by atoms with van der Waals surface area (Å²) in [7, 11) is 0. The van der Waals surface area contributed by atoms with E-state index in [-0.39, 0.29) is 11.4 Å². The van der Waals surface area contributed by atoms with Gasteiger partial charge in [0.1, 0.15) is 11.4 Å². The summed E-state index contributed by atoms with van der Waals surface area (Å²) in [6.07, 6.45) is 3.88. The third-order valence-corrected chi connectivity index (χ3v) is 5.22. The maximum absolute atomic E-state index is 11.4. The van der Waals surface area contributed by atoms with Crippen LogP contribution in [0.1, 0.15) is 16.7 Å². The minimum Gasteiger partial charge on any atom is -0.271 e. The van der Waals surface area contributed by atoms with Crippen LogP contribution in [0.25, 0.3) is 0 Å². The van der Waals surface area contributed by atoms with Crippen molar-refractivity contribution in [3.8, 4) is 0 Å². The van der Waals surface area contributed by atoms with Gasteiger partial charge in [-0.2, -0.15) is 9.67 Å². The summed E-state index contributed by atoms with van der Waals surface area (Å²) in [4.78, 5) is 21.0. The first-order chi connectivity index (χ1) is 15.1. The number of aryl methyl sites for hydroxylation is 2. The van der Waals surface area contributed by atoms with E-state index in [4.69, 9.17) is 23.2 Å². The van der Waals surface area contributed by atoms with E-state index in [9.17, 15) is 20.2 Å². The first-order valence-electron chi connectivity index (χ1n) is 9.32. The number of anilines is 1. The van der Waals surface area contributed by atoms with Crippen LogP contribution in [0.3, 0.4) is 0 Å². The zero-order valence-electron chi connectivity index (χ0n) is 17.1. The Balaban J connectivity index is 2.04. The molecule has 1 aromatic heterocycles. The molecule has 2 aromatic carbocycles. The fraction of sp³-hybridized carbons (Fsp3) is 0.143. The van der Waals surface area contributed by atoms with Gasteiger partial charge in [-0.25, -0.2) is 0 Å². The molecule has 32 heavy (non-hydrogen) atoms. The number of hydrogen-bond donors (Lipinski definition) is 1. The summed E-state index contributed by atoms with van der Waals surface area (Å²) in [5.74, 6) is 0. The maximum Gasteiger partial charge on any atom is 0.301 e. The molecule has 0 saturated carbocycles. The highest BCUT2D eigenvalue weighted by molar-refractivity contribution is 6.42. The largest absolute Gasteiger partial charge is 0.301 e. The monoisotopic (exact) mass is 474 g/mol. The van der Waals surface area contributed by atoms with Crippen molar-refractivity contribution in [1.29, 1.82) is 0 Å². The van der Waals surface area contributed by atoms with Gasteiger partial charge in [0.25, 0.3) is 5.69 Å². The van der Waals surface area contributed by atoms with Crippen molar-refractivity contribution in [3.63, 3.8) is 0 Å². The van der Waals surface area contributed by atoms with E-state index in [2.05, 4.69) is 10.5 Å². The predicted molar refractivity (Wildman–Crippen MR) is 122 cm³/mol. The van der Waals surface area contributed by atoms with Gasteiger partial charge in [0, 0.05) is 22.8 Å². The van der Waals surface area contributed by atoms with Gasteiger partial charge in [-0.1, -0.05) is 29.3 Å². The Morgan fingerprint density at radius 1 is 0.969 bits per heavy atom. The standard InChI is InChI=1S/C21H18Cl2N5O4/c1-13-7-14(2)11-26(10-13)12-20(15-3-5-17(22)18(23)8-15)25-24-19-6-4-16(27(29)30)9-21(19)28(31)32/h3-11,24H,12H2,1-2H3/q+1/b25-20+. The summed E-state index contributed by atoms with van der Waals surface area (Å²) in [6.45, 7) is 4.27. The third kappa shape index (κ3) is 5.57. The van der Waals surface area contributed by atoms with Crippen LogP contribution in [0.5, 0.6) is 0 Å². The van der Waals surface area contributed by atoms with Crippen LogP contribution in [-0.4, -0.2) is 15.6 Å². The first kappa shape index (κ1) is 23.1. The third-order valence-electron chi connectivity index (χ3n) is 4.48. The molecule has 1 N–H and O–H groups in total. The van der Waals surface area contributed by atoms with E-state index in [0.29, 0.717) is 27.9 Å². The fourth-order valence-corrected chi connectivity index (χ4v) is 3.43. The summed E-state index contributed by atoms with van der Waals surface area (Å²) in [6, 6.07) is 10.4. The molecule has 0 spiro atoms. The number of non-ortho nitro benzene ring substituents is 1. The Morgan fingerprint density at radius 2 is 1.66 bits per heavy atom. The first-order valence-corrected chi connectivity index (χ1v) is 10.1. The average Bonchev–Trinajstić information content (AvgIpc) is 2.72. The van der Waals surface area contributed by atoms with Crippen LogP contribution in [0.2, 0.25) is 10.0 Å². The number of aromatic nitrogens is 1. The number of nitrogens with zero attached hydrogens (tertiary/aromatic N) is 4. The van der Waals surface area contributed by atoms with Crippen LogP contribution >= 0.6 is 23.2 Å². The molecule has 9 nitrogen and oxygen atoms in total. The lowest BCUT2D eigenvalue weighted by Gasteiger charge is -2.08. The van der Waals surface area contributed by atoms with Gasteiger partial charge in [-0.05, 0) is 38.1 Å². The van der Waals surface area contributed by atoms with Gasteiger partial charge in [0.2, 0.25) is 0 Å². The molecule has 11 heteroatoms. The Kier molecular flexibility index (Phi) is 7.01. The van der Waals surface area contributed by atoms with E-state index in [0.717, 1.165) is 17.2 Å². The molecule has 0 saturated heterocycles. The number of hydrogen-bond acceptors (Lipinski definition) is 6. The molecule has 0 aliphatic carbocycles. The SMILES string of the molecule is Cc1cc(C)c[n+](C/C(=N\Nc2ccc([N+](=O)[O-])cc2[N+](=O)[O-])c2ccc(Cl)c(Cl)c2)c1. The topological polar surface area (TPSA) is 115 Å². The number of pyridine rings is 1. The van der Waals surface area contributed by atoms with Gasteiger partial charge in [-0.15, -0.1) is 0 Å². The second-order valence-corrected chi connectivity index (χ2v) is 7.89. The highest BCUT2D eigenvalue weighted by Crippen LogP contribution is 2.29. The zero-order chi connectivity index (χ0) is 23.4. The van der Waals surface area contributed by atoms with Crippen LogP contribution in [-0.2, 0) is 6.54 Å². The van der Waals surface area contributed by atoms with E-state index < -0.39 is 15.5 Å². The average molecular weight is 475 g/mol. The lowest BCUT2D eigenvalue weighted by molar-refractivity contribution is -0.682. The van der Waals surface area contributed by atoms with Crippen LogP contribution in [0, 0.1) is 34.1 Å².